The highest BCUT2D eigenvalue weighted by Gasteiger charge is 2.23. The summed E-state index contributed by atoms with van der Waals surface area (Å²) in [5.41, 5.74) is 0.549. The number of carbonyl (C=O) groups excluding carboxylic acids is 1. The van der Waals surface area contributed by atoms with Gasteiger partial charge in [-0.1, -0.05) is 6.07 Å². The van der Waals surface area contributed by atoms with Gasteiger partial charge in [0.05, 0.1) is 5.57 Å². The number of aldehydes is 1. The van der Waals surface area contributed by atoms with Crippen molar-refractivity contribution < 1.29 is 9.53 Å². The Morgan fingerprint density at radius 3 is 2.94 bits per heavy atom. The van der Waals surface area contributed by atoms with E-state index in [2.05, 4.69) is 4.99 Å². The Morgan fingerprint density at radius 1 is 1.56 bits per heavy atom. The molecule has 0 radical (unpaired) electrons. The van der Waals surface area contributed by atoms with Gasteiger partial charge in [0.15, 0.2) is 6.29 Å². The summed E-state index contributed by atoms with van der Waals surface area (Å²) in [4.78, 5) is 18.1. The van der Waals surface area contributed by atoms with E-state index in [4.69, 9.17) is 4.74 Å². The molecule has 1 aliphatic heterocycles. The predicted molar refractivity (Wildman–Crippen MR) is 63.4 cm³/mol. The molecular weight excluding hydrogens is 224 g/mol. The maximum atomic E-state index is 10.9. The first-order chi connectivity index (χ1) is 7.72. The van der Waals surface area contributed by atoms with Gasteiger partial charge in [-0.15, -0.1) is 11.3 Å². The fraction of sp³-hybridized carbons (Fsp3) is 0.273. The largest absolute Gasteiger partial charge is 0.433 e. The first-order valence-electron chi connectivity index (χ1n) is 4.83. The van der Waals surface area contributed by atoms with Gasteiger partial charge in [-0.25, -0.2) is 4.99 Å². The SMILES string of the molecule is CN(C)C1=NC(c2cccs2)C(C=O)=CO1. The van der Waals surface area contributed by atoms with E-state index >= 15 is 0 Å². The van der Waals surface area contributed by atoms with Crippen LogP contribution in [0.3, 0.4) is 0 Å². The molecule has 2 rings (SSSR count). The Kier molecular flexibility index (Phi) is 3.05. The minimum absolute atomic E-state index is 0.233. The molecule has 1 aromatic rings. The molecule has 0 saturated heterocycles. The molecule has 4 nitrogen and oxygen atoms in total. The molecule has 1 unspecified atom stereocenters. The molecule has 16 heavy (non-hydrogen) atoms. The fourth-order valence-corrected chi connectivity index (χ4v) is 2.18. The Balaban J connectivity index is 2.34. The first-order valence-corrected chi connectivity index (χ1v) is 5.70. The number of nitrogens with zero attached hydrogens (tertiary/aromatic N) is 2. The quantitative estimate of drug-likeness (QED) is 0.735. The molecule has 5 heteroatoms. The van der Waals surface area contributed by atoms with Crippen molar-refractivity contribution >= 4 is 23.6 Å². The fourth-order valence-electron chi connectivity index (χ4n) is 1.39. The van der Waals surface area contributed by atoms with E-state index in [1.165, 1.54) is 6.26 Å². The van der Waals surface area contributed by atoms with Crippen LogP contribution in [0.5, 0.6) is 0 Å². The molecule has 0 fully saturated rings. The van der Waals surface area contributed by atoms with Gasteiger partial charge in [0.1, 0.15) is 12.3 Å². The summed E-state index contributed by atoms with van der Waals surface area (Å²) >= 11 is 1.58. The van der Waals surface area contributed by atoms with Crippen LogP contribution in [0, 0.1) is 0 Å². The molecule has 1 aliphatic rings. The summed E-state index contributed by atoms with van der Waals surface area (Å²) < 4.78 is 5.26. The summed E-state index contributed by atoms with van der Waals surface area (Å²) in [6, 6.07) is 4.20. The first kappa shape index (κ1) is 10.9. The zero-order valence-corrected chi connectivity index (χ0v) is 9.90. The lowest BCUT2D eigenvalue weighted by Gasteiger charge is -2.22. The maximum Gasteiger partial charge on any atom is 0.292 e. The molecule has 0 bridgehead atoms. The van der Waals surface area contributed by atoms with Crippen LogP contribution in [0.2, 0.25) is 0 Å². The van der Waals surface area contributed by atoms with Crippen LogP contribution in [-0.2, 0) is 9.53 Å². The maximum absolute atomic E-state index is 10.9. The average molecular weight is 236 g/mol. The molecule has 0 spiro atoms. The monoisotopic (exact) mass is 236 g/mol. The smallest absolute Gasteiger partial charge is 0.292 e. The van der Waals surface area contributed by atoms with Crippen LogP contribution in [-0.4, -0.2) is 31.3 Å². The number of thiophene rings is 1. The van der Waals surface area contributed by atoms with Crippen molar-refractivity contribution in [1.82, 2.24) is 4.90 Å². The van der Waals surface area contributed by atoms with Crippen LogP contribution in [0.15, 0.2) is 34.3 Å². The third kappa shape index (κ3) is 1.99. The second-order valence-corrected chi connectivity index (χ2v) is 4.56. The van der Waals surface area contributed by atoms with Crippen molar-refractivity contribution in [2.45, 2.75) is 6.04 Å². The summed E-state index contributed by atoms with van der Waals surface area (Å²) in [5, 5.41) is 1.97. The lowest BCUT2D eigenvalue weighted by molar-refractivity contribution is -0.105. The molecule has 0 amide bonds. The zero-order chi connectivity index (χ0) is 11.5. The van der Waals surface area contributed by atoms with E-state index in [0.717, 1.165) is 11.2 Å². The van der Waals surface area contributed by atoms with E-state index < -0.39 is 0 Å². The van der Waals surface area contributed by atoms with Crippen LogP contribution >= 0.6 is 11.3 Å². The molecule has 0 aliphatic carbocycles. The van der Waals surface area contributed by atoms with Crippen molar-refractivity contribution in [2.24, 2.45) is 4.99 Å². The van der Waals surface area contributed by atoms with Gasteiger partial charge in [0, 0.05) is 19.0 Å². The Bertz CT molecular complexity index is 435. The van der Waals surface area contributed by atoms with E-state index in [1.54, 1.807) is 16.2 Å². The topological polar surface area (TPSA) is 41.9 Å². The summed E-state index contributed by atoms with van der Waals surface area (Å²) in [6.45, 7) is 0. The van der Waals surface area contributed by atoms with Gasteiger partial charge >= 0.3 is 0 Å². The number of aliphatic imine (C=N–C) groups is 1. The van der Waals surface area contributed by atoms with E-state index in [1.807, 2.05) is 31.6 Å². The van der Waals surface area contributed by atoms with E-state index in [0.29, 0.717) is 11.6 Å². The third-order valence-corrected chi connectivity index (χ3v) is 3.11. The highest BCUT2D eigenvalue weighted by Crippen LogP contribution is 2.31. The normalized spacial score (nSPS) is 19.5. The van der Waals surface area contributed by atoms with Gasteiger partial charge < -0.3 is 9.64 Å². The second-order valence-electron chi connectivity index (χ2n) is 3.58. The molecule has 0 aromatic carbocycles. The van der Waals surface area contributed by atoms with Crippen molar-refractivity contribution in [3.05, 3.63) is 34.2 Å². The van der Waals surface area contributed by atoms with Crippen LogP contribution in [0.1, 0.15) is 10.9 Å². The average Bonchev–Trinajstić information content (AvgIpc) is 2.81. The minimum atomic E-state index is -0.233. The van der Waals surface area contributed by atoms with Crippen molar-refractivity contribution in [3.8, 4) is 0 Å². The molecule has 0 N–H and O–H groups in total. The zero-order valence-electron chi connectivity index (χ0n) is 9.08. The van der Waals surface area contributed by atoms with Crippen LogP contribution in [0.4, 0.5) is 0 Å². The molecule has 2 heterocycles. The van der Waals surface area contributed by atoms with Crippen molar-refractivity contribution in [1.29, 1.82) is 0 Å². The lowest BCUT2D eigenvalue weighted by Crippen LogP contribution is -2.27. The minimum Gasteiger partial charge on any atom is -0.433 e. The molecule has 1 aromatic heterocycles. The number of ether oxygens (including phenoxy) is 1. The van der Waals surface area contributed by atoms with Gasteiger partial charge in [-0.2, -0.15) is 0 Å². The third-order valence-electron chi connectivity index (χ3n) is 2.19. The predicted octanol–water partition coefficient (Wildman–Crippen LogP) is 1.82. The van der Waals surface area contributed by atoms with E-state index in [9.17, 15) is 4.79 Å². The Morgan fingerprint density at radius 2 is 2.38 bits per heavy atom. The molecule has 0 saturated carbocycles. The molecule has 1 atom stereocenters. The van der Waals surface area contributed by atoms with Crippen molar-refractivity contribution in [2.75, 3.05) is 14.1 Å². The Hall–Kier alpha value is -1.62. The number of hydrogen-bond donors (Lipinski definition) is 0. The standard InChI is InChI=1S/C11H12N2O2S/c1-13(2)11-12-10(8(6-14)7-15-11)9-4-3-5-16-9/h3-7,10H,1-2H3. The highest BCUT2D eigenvalue weighted by atomic mass is 32.1. The van der Waals surface area contributed by atoms with Gasteiger partial charge in [0.25, 0.3) is 6.02 Å². The van der Waals surface area contributed by atoms with Crippen LogP contribution in [0.25, 0.3) is 0 Å². The summed E-state index contributed by atoms with van der Waals surface area (Å²) in [7, 11) is 3.70. The second kappa shape index (κ2) is 4.49. The Labute approximate surface area is 97.9 Å². The lowest BCUT2D eigenvalue weighted by atomic mass is 10.1. The van der Waals surface area contributed by atoms with E-state index in [-0.39, 0.29) is 6.04 Å². The number of carbonyl (C=O) groups is 1. The number of amidine groups is 1. The number of hydrogen-bond acceptors (Lipinski definition) is 5. The summed E-state index contributed by atoms with van der Waals surface area (Å²) in [5.74, 6) is 0. The van der Waals surface area contributed by atoms with Gasteiger partial charge in [-0.3, -0.25) is 4.79 Å². The van der Waals surface area contributed by atoms with Gasteiger partial charge in [0.2, 0.25) is 0 Å². The van der Waals surface area contributed by atoms with Gasteiger partial charge in [-0.05, 0) is 11.4 Å². The molecular formula is C11H12N2O2S. The molecule has 84 valence electrons. The summed E-state index contributed by atoms with van der Waals surface area (Å²) in [6.07, 6.45) is 2.26. The highest BCUT2D eigenvalue weighted by molar-refractivity contribution is 7.10. The van der Waals surface area contributed by atoms with Crippen LogP contribution < -0.4 is 0 Å². The van der Waals surface area contributed by atoms with Crippen molar-refractivity contribution in [3.63, 3.8) is 0 Å². The number of rotatable bonds is 2.